The minimum absolute atomic E-state index is 0.220. The van der Waals surface area contributed by atoms with Gasteiger partial charge in [-0.05, 0) is 30.9 Å². The van der Waals surface area contributed by atoms with Gasteiger partial charge in [0, 0.05) is 12.6 Å². The number of rotatable bonds is 8. The molecule has 0 aliphatic rings. The average molecular weight is 272 g/mol. The predicted molar refractivity (Wildman–Crippen MR) is 76.2 cm³/mol. The van der Waals surface area contributed by atoms with Crippen molar-refractivity contribution in [2.75, 3.05) is 17.2 Å². The summed E-state index contributed by atoms with van der Waals surface area (Å²) in [4.78, 5) is 12.5. The second kappa shape index (κ2) is 8.08. The highest BCUT2D eigenvalue weighted by Gasteiger charge is 2.09. The first-order valence-electron chi connectivity index (χ1n) is 6.61. The minimum Gasteiger partial charge on any atom is -0.354 e. The van der Waals surface area contributed by atoms with E-state index in [0.29, 0.717) is 17.9 Å². The van der Waals surface area contributed by atoms with Crippen molar-refractivity contribution in [3.05, 3.63) is 5.28 Å². The van der Waals surface area contributed by atoms with Crippen LogP contribution in [0.5, 0.6) is 0 Å². The first-order chi connectivity index (χ1) is 8.69. The molecule has 6 heteroatoms. The molecule has 2 N–H and O–H groups in total. The van der Waals surface area contributed by atoms with Crippen LogP contribution in [0, 0.1) is 0 Å². The number of hydrogen-bond acceptors (Lipinski definition) is 5. The Morgan fingerprint density at radius 1 is 1.06 bits per heavy atom. The zero-order chi connectivity index (χ0) is 13.4. The summed E-state index contributed by atoms with van der Waals surface area (Å²) in [5, 5.41) is 6.63. The normalized spacial score (nSPS) is 12.2. The van der Waals surface area contributed by atoms with Crippen LogP contribution in [0.3, 0.4) is 0 Å². The third-order valence-electron chi connectivity index (χ3n) is 2.60. The number of hydrogen-bond donors (Lipinski definition) is 2. The van der Waals surface area contributed by atoms with Crippen molar-refractivity contribution >= 4 is 23.5 Å². The second-order valence-electron chi connectivity index (χ2n) is 4.22. The first-order valence-corrected chi connectivity index (χ1v) is 6.99. The monoisotopic (exact) mass is 271 g/mol. The van der Waals surface area contributed by atoms with Gasteiger partial charge in [0.05, 0.1) is 0 Å². The van der Waals surface area contributed by atoms with Gasteiger partial charge in [0.15, 0.2) is 0 Å². The van der Waals surface area contributed by atoms with Crippen LogP contribution >= 0.6 is 11.6 Å². The lowest BCUT2D eigenvalue weighted by Gasteiger charge is -2.16. The largest absolute Gasteiger partial charge is 0.354 e. The third kappa shape index (κ3) is 5.04. The quantitative estimate of drug-likeness (QED) is 0.759. The molecule has 5 nitrogen and oxygen atoms in total. The zero-order valence-electron chi connectivity index (χ0n) is 11.3. The lowest BCUT2D eigenvalue weighted by atomic mass is 10.1. The maximum atomic E-state index is 5.89. The lowest BCUT2D eigenvalue weighted by molar-refractivity contribution is 0.617. The Balaban J connectivity index is 2.71. The van der Waals surface area contributed by atoms with Crippen molar-refractivity contribution in [3.8, 4) is 0 Å². The highest BCUT2D eigenvalue weighted by atomic mass is 35.5. The van der Waals surface area contributed by atoms with E-state index in [4.69, 9.17) is 11.6 Å². The molecule has 0 aliphatic heterocycles. The molecule has 102 valence electrons. The Hall–Kier alpha value is -1.10. The molecule has 0 fully saturated rings. The molecular weight excluding hydrogens is 250 g/mol. The summed E-state index contributed by atoms with van der Waals surface area (Å²) in [7, 11) is 0. The van der Waals surface area contributed by atoms with Crippen molar-refractivity contribution in [2.45, 2.75) is 52.5 Å². The van der Waals surface area contributed by atoms with Crippen molar-refractivity contribution in [2.24, 2.45) is 0 Å². The van der Waals surface area contributed by atoms with E-state index < -0.39 is 0 Å². The van der Waals surface area contributed by atoms with Crippen molar-refractivity contribution in [1.82, 2.24) is 15.0 Å². The smallest absolute Gasteiger partial charge is 0.229 e. The van der Waals surface area contributed by atoms with Gasteiger partial charge in [-0.3, -0.25) is 0 Å². The van der Waals surface area contributed by atoms with Crippen molar-refractivity contribution in [3.63, 3.8) is 0 Å². The van der Waals surface area contributed by atoms with Crippen LogP contribution in [-0.4, -0.2) is 27.5 Å². The summed E-state index contributed by atoms with van der Waals surface area (Å²) in [5.41, 5.74) is 0. The second-order valence-corrected chi connectivity index (χ2v) is 4.55. The van der Waals surface area contributed by atoms with E-state index in [1.165, 1.54) is 0 Å². The van der Waals surface area contributed by atoms with Crippen molar-refractivity contribution < 1.29 is 0 Å². The molecule has 0 bridgehead atoms. The molecule has 0 radical (unpaired) electrons. The predicted octanol–water partition coefficient (Wildman–Crippen LogP) is 3.34. The summed E-state index contributed by atoms with van der Waals surface area (Å²) in [5.74, 6) is 1.08. The standard InChI is InChI=1S/C12H22ClN5/c1-4-7-9(6-3)15-12-17-10(13)16-11(18-12)14-8-5-2/h9H,4-8H2,1-3H3,(H2,14,15,16,17,18). The molecule has 0 spiro atoms. The average Bonchev–Trinajstić information content (AvgIpc) is 2.35. The van der Waals surface area contributed by atoms with Crippen LogP contribution < -0.4 is 10.6 Å². The van der Waals surface area contributed by atoms with Gasteiger partial charge < -0.3 is 10.6 Å². The number of aromatic nitrogens is 3. The van der Waals surface area contributed by atoms with E-state index in [2.05, 4.69) is 46.4 Å². The molecule has 0 aliphatic carbocycles. The van der Waals surface area contributed by atoms with E-state index in [1.807, 2.05) is 0 Å². The molecule has 1 atom stereocenters. The molecule has 1 aromatic rings. The molecule has 1 rings (SSSR count). The van der Waals surface area contributed by atoms with Gasteiger partial charge in [0.25, 0.3) is 0 Å². The van der Waals surface area contributed by atoms with Gasteiger partial charge in [-0.25, -0.2) is 0 Å². The maximum absolute atomic E-state index is 5.89. The van der Waals surface area contributed by atoms with E-state index in [0.717, 1.165) is 32.2 Å². The number of anilines is 2. The van der Waals surface area contributed by atoms with Gasteiger partial charge in [0.1, 0.15) is 0 Å². The molecule has 18 heavy (non-hydrogen) atoms. The fraction of sp³-hybridized carbons (Fsp3) is 0.750. The Morgan fingerprint density at radius 2 is 1.78 bits per heavy atom. The third-order valence-corrected chi connectivity index (χ3v) is 2.77. The van der Waals surface area contributed by atoms with E-state index in [1.54, 1.807) is 0 Å². The summed E-state index contributed by atoms with van der Waals surface area (Å²) in [6, 6.07) is 0.382. The van der Waals surface area contributed by atoms with Crippen LogP contribution in [0.15, 0.2) is 0 Å². The molecule has 1 unspecified atom stereocenters. The Labute approximate surface area is 114 Å². The van der Waals surface area contributed by atoms with Gasteiger partial charge in [-0.2, -0.15) is 15.0 Å². The van der Waals surface area contributed by atoms with E-state index >= 15 is 0 Å². The molecule has 1 heterocycles. The number of halogens is 1. The van der Waals surface area contributed by atoms with Crippen LogP contribution in [0.4, 0.5) is 11.9 Å². The van der Waals surface area contributed by atoms with Crippen LogP contribution in [0.2, 0.25) is 5.28 Å². The molecule has 0 saturated carbocycles. The number of nitrogens with one attached hydrogen (secondary N) is 2. The highest BCUT2D eigenvalue weighted by molar-refractivity contribution is 6.28. The van der Waals surface area contributed by atoms with Gasteiger partial charge in [-0.1, -0.05) is 27.2 Å². The van der Waals surface area contributed by atoms with Crippen LogP contribution in [0.1, 0.15) is 46.5 Å². The number of nitrogens with zero attached hydrogens (tertiary/aromatic N) is 3. The Kier molecular flexibility index (Phi) is 6.72. The summed E-state index contributed by atoms with van der Waals surface area (Å²) in [6.45, 7) is 7.22. The zero-order valence-corrected chi connectivity index (χ0v) is 12.1. The van der Waals surface area contributed by atoms with Gasteiger partial charge in [0.2, 0.25) is 17.2 Å². The van der Waals surface area contributed by atoms with Crippen LogP contribution in [-0.2, 0) is 0 Å². The fourth-order valence-electron chi connectivity index (χ4n) is 1.64. The van der Waals surface area contributed by atoms with E-state index in [-0.39, 0.29) is 5.28 Å². The highest BCUT2D eigenvalue weighted by Crippen LogP contribution is 2.13. The summed E-state index contributed by atoms with van der Waals surface area (Å²) in [6.07, 6.45) is 4.27. The molecular formula is C12H22ClN5. The van der Waals surface area contributed by atoms with Gasteiger partial charge >= 0.3 is 0 Å². The first kappa shape index (κ1) is 15.0. The summed E-state index contributed by atoms with van der Waals surface area (Å²) >= 11 is 5.89. The molecule has 0 saturated heterocycles. The molecule has 0 aromatic carbocycles. The fourth-order valence-corrected chi connectivity index (χ4v) is 1.80. The van der Waals surface area contributed by atoms with E-state index in [9.17, 15) is 0 Å². The molecule has 1 aromatic heterocycles. The Bertz CT molecular complexity index is 358. The SMILES string of the molecule is CCCNc1nc(Cl)nc(NC(CC)CCC)n1. The van der Waals surface area contributed by atoms with Gasteiger partial charge in [-0.15, -0.1) is 0 Å². The van der Waals surface area contributed by atoms with Crippen molar-refractivity contribution in [1.29, 1.82) is 0 Å². The Morgan fingerprint density at radius 3 is 2.39 bits per heavy atom. The maximum Gasteiger partial charge on any atom is 0.229 e. The van der Waals surface area contributed by atoms with Crippen LogP contribution in [0.25, 0.3) is 0 Å². The molecule has 0 amide bonds. The lowest BCUT2D eigenvalue weighted by Crippen LogP contribution is -2.20. The topological polar surface area (TPSA) is 62.7 Å². The summed E-state index contributed by atoms with van der Waals surface area (Å²) < 4.78 is 0. The minimum atomic E-state index is 0.220.